The van der Waals surface area contributed by atoms with Gasteiger partial charge in [0.15, 0.2) is 5.52 Å². The molecule has 0 amide bonds. The van der Waals surface area contributed by atoms with Gasteiger partial charge in [-0.1, -0.05) is 13.3 Å². The summed E-state index contributed by atoms with van der Waals surface area (Å²) in [5.74, 6) is 0.315. The Morgan fingerprint density at radius 1 is 1.20 bits per heavy atom. The highest BCUT2D eigenvalue weighted by atomic mass is 32.2. The van der Waals surface area contributed by atoms with E-state index in [9.17, 15) is 18.4 Å². The smallest absolute Gasteiger partial charge is 0.279 e. The molecule has 1 aliphatic heterocycles. The molecule has 4 rings (SSSR count). The number of nitrogens with zero attached hydrogens (tertiary/aromatic N) is 6. The van der Waals surface area contributed by atoms with Gasteiger partial charge in [-0.25, -0.2) is 18.4 Å². The molecule has 0 unspecified atom stereocenters. The van der Waals surface area contributed by atoms with Gasteiger partial charge in [0.25, 0.3) is 5.56 Å². The second-order valence-corrected chi connectivity index (χ2v) is 10.6. The van der Waals surface area contributed by atoms with Gasteiger partial charge in [-0.2, -0.15) is 9.40 Å². The van der Waals surface area contributed by atoms with Crippen molar-refractivity contribution in [2.45, 2.75) is 38.5 Å². The Morgan fingerprint density at radius 3 is 2.54 bits per heavy atom. The van der Waals surface area contributed by atoms with Gasteiger partial charge in [0.05, 0.1) is 56.8 Å². The van der Waals surface area contributed by atoms with Crippen molar-refractivity contribution in [2.75, 3.05) is 39.3 Å². The molecule has 0 atom stereocenters. The maximum Gasteiger partial charge on any atom is 0.279 e. The Balaban J connectivity index is 1.80. The molecule has 0 aliphatic carbocycles. The molecule has 3 aromatic rings. The van der Waals surface area contributed by atoms with Crippen molar-refractivity contribution in [1.82, 2.24) is 29.0 Å². The van der Waals surface area contributed by atoms with Crippen LogP contribution in [0.1, 0.15) is 32.9 Å². The van der Waals surface area contributed by atoms with E-state index in [4.69, 9.17) is 4.74 Å². The summed E-state index contributed by atoms with van der Waals surface area (Å²) in [6.07, 6.45) is 2.76. The second-order valence-electron chi connectivity index (χ2n) is 8.61. The predicted octanol–water partition coefficient (Wildman–Crippen LogP) is 1.41. The van der Waals surface area contributed by atoms with Crippen LogP contribution in [0.2, 0.25) is 0 Å². The Kier molecular flexibility index (Phi) is 6.95. The summed E-state index contributed by atoms with van der Waals surface area (Å²) in [6, 6.07) is 1.42. The third-order valence-corrected chi connectivity index (χ3v) is 8.25. The first-order valence-corrected chi connectivity index (χ1v) is 13.2. The van der Waals surface area contributed by atoms with Gasteiger partial charge >= 0.3 is 0 Å². The topological polar surface area (TPSA) is 146 Å². The third kappa shape index (κ3) is 4.68. The number of sulfonamides is 1. The van der Waals surface area contributed by atoms with Gasteiger partial charge in [0, 0.05) is 7.05 Å². The minimum atomic E-state index is -3.92. The number of aromatic nitrogens is 5. The number of ether oxygens (including phenoxy) is 1. The Labute approximate surface area is 203 Å². The van der Waals surface area contributed by atoms with E-state index in [1.54, 1.807) is 25.6 Å². The number of pyridine rings is 1. The predicted molar refractivity (Wildman–Crippen MR) is 130 cm³/mol. The summed E-state index contributed by atoms with van der Waals surface area (Å²) in [5, 5.41) is 16.8. The summed E-state index contributed by atoms with van der Waals surface area (Å²) in [7, 11) is -2.16. The van der Waals surface area contributed by atoms with Gasteiger partial charge in [-0.3, -0.25) is 9.48 Å². The highest BCUT2D eigenvalue weighted by Crippen LogP contribution is 2.30. The zero-order valence-electron chi connectivity index (χ0n) is 20.4. The highest BCUT2D eigenvalue weighted by molar-refractivity contribution is 7.89. The van der Waals surface area contributed by atoms with Gasteiger partial charge in [-0.05, 0) is 26.3 Å². The number of likely N-dealkylation sites (N-methyl/N-ethyl adjacent to an activating group) is 1. The van der Waals surface area contributed by atoms with Crippen molar-refractivity contribution in [3.8, 4) is 17.3 Å². The normalized spacial score (nSPS) is 16.6. The summed E-state index contributed by atoms with van der Waals surface area (Å²) >= 11 is 0. The molecule has 13 heteroatoms. The molecule has 1 N–H and O–H groups in total. The lowest BCUT2D eigenvalue weighted by atomic mass is 10.2. The number of hydrogen-bond donors (Lipinski definition) is 1. The molecule has 0 saturated carbocycles. The first kappa shape index (κ1) is 25.2. The van der Waals surface area contributed by atoms with Gasteiger partial charge < -0.3 is 19.6 Å². The quantitative estimate of drug-likeness (QED) is 0.357. The van der Waals surface area contributed by atoms with Gasteiger partial charge in [-0.15, -0.1) is 0 Å². The van der Waals surface area contributed by atoms with Crippen molar-refractivity contribution >= 4 is 21.1 Å². The summed E-state index contributed by atoms with van der Waals surface area (Å²) in [5.41, 5.74) is 1.33. The van der Waals surface area contributed by atoms with E-state index in [1.807, 2.05) is 6.92 Å². The number of aromatic amines is 1. The average molecular weight is 506 g/mol. The molecule has 3 aromatic heterocycles. The number of hydrogen-bond acceptors (Lipinski definition) is 8. The first-order valence-electron chi connectivity index (χ1n) is 11.8. The Morgan fingerprint density at radius 2 is 1.91 bits per heavy atom. The molecule has 1 fully saturated rings. The molecule has 0 spiro atoms. The van der Waals surface area contributed by atoms with Gasteiger partial charge in [0.2, 0.25) is 15.9 Å². The molecule has 35 heavy (non-hydrogen) atoms. The maximum absolute atomic E-state index is 13.4. The minimum absolute atomic E-state index is 0.0546. The van der Waals surface area contributed by atoms with E-state index >= 15 is 0 Å². The number of fused-ring (bicyclic) bond motifs is 1. The van der Waals surface area contributed by atoms with Crippen LogP contribution in [-0.2, 0) is 23.5 Å². The number of nitrogens with one attached hydrogen (secondary N) is 1. The SMILES string of the molecule is CCCc1c2nc(-c3cc(S(=O)(=O)N4CC[N+]([O-])(CC)CC4)cnc3OCC)[nH]c(=O)c2nn1C. The molecule has 12 nitrogen and oxygen atoms in total. The van der Waals surface area contributed by atoms with Crippen LogP contribution in [0, 0.1) is 5.21 Å². The lowest BCUT2D eigenvalue weighted by Gasteiger charge is -2.47. The maximum atomic E-state index is 13.4. The van der Waals surface area contributed by atoms with E-state index < -0.39 is 20.2 Å². The van der Waals surface area contributed by atoms with Crippen molar-refractivity contribution in [1.29, 1.82) is 0 Å². The Hall–Kier alpha value is -2.87. The fraction of sp³-hybridized carbons (Fsp3) is 0.545. The molecular formula is C22H31N7O5S. The van der Waals surface area contributed by atoms with E-state index in [0.717, 1.165) is 12.1 Å². The zero-order chi connectivity index (χ0) is 25.4. The van der Waals surface area contributed by atoms with E-state index in [0.29, 0.717) is 25.1 Å². The molecule has 0 radical (unpaired) electrons. The minimum Gasteiger partial charge on any atom is -0.633 e. The van der Waals surface area contributed by atoms with Crippen LogP contribution >= 0.6 is 0 Å². The van der Waals surface area contributed by atoms with Crippen LogP contribution in [-0.4, -0.2) is 81.4 Å². The van der Waals surface area contributed by atoms with Crippen LogP contribution in [0.15, 0.2) is 22.0 Å². The lowest BCUT2D eigenvalue weighted by Crippen LogP contribution is -2.57. The number of hydroxylamine groups is 3. The standard InChI is InChI=1S/C22H31N7O5S/c1-5-8-17-18-19(26-27(17)4)21(30)25-20(24-18)16-13-15(14-23-22(16)34-7-3)35(32,33)28-9-11-29(31,6-2)12-10-28/h13-14H,5-12H2,1-4H3,(H,24,25,30). The van der Waals surface area contributed by atoms with Crippen LogP contribution in [0.3, 0.4) is 0 Å². The summed E-state index contributed by atoms with van der Waals surface area (Å²) < 4.78 is 35.0. The van der Waals surface area contributed by atoms with Crippen LogP contribution in [0.4, 0.5) is 0 Å². The fourth-order valence-electron chi connectivity index (χ4n) is 4.28. The largest absolute Gasteiger partial charge is 0.633 e. The van der Waals surface area contributed by atoms with E-state index in [2.05, 4.69) is 20.1 Å². The zero-order valence-corrected chi connectivity index (χ0v) is 21.3. The monoisotopic (exact) mass is 505 g/mol. The van der Waals surface area contributed by atoms with Gasteiger partial charge in [0.1, 0.15) is 16.2 Å². The fourth-order valence-corrected chi connectivity index (χ4v) is 5.68. The summed E-state index contributed by atoms with van der Waals surface area (Å²) in [6.45, 7) is 6.94. The van der Waals surface area contributed by atoms with Crippen molar-refractivity contribution in [3.63, 3.8) is 0 Å². The van der Waals surface area contributed by atoms with E-state index in [1.165, 1.54) is 16.6 Å². The first-order chi connectivity index (χ1) is 16.6. The third-order valence-electron chi connectivity index (χ3n) is 6.39. The number of H-pyrrole nitrogens is 1. The second kappa shape index (κ2) is 9.64. The highest BCUT2D eigenvalue weighted by Gasteiger charge is 2.33. The molecular weight excluding hydrogens is 474 g/mol. The van der Waals surface area contributed by atoms with Crippen LogP contribution in [0.5, 0.6) is 5.88 Å². The molecule has 1 aliphatic rings. The number of piperazine rings is 1. The molecule has 1 saturated heterocycles. The number of quaternary nitrogens is 1. The van der Waals surface area contributed by atoms with Crippen LogP contribution < -0.4 is 10.3 Å². The Bertz CT molecular complexity index is 1390. The van der Waals surface area contributed by atoms with Crippen molar-refractivity contribution in [3.05, 3.63) is 33.5 Å². The molecule has 190 valence electrons. The van der Waals surface area contributed by atoms with E-state index in [-0.39, 0.29) is 53.9 Å². The molecule has 4 heterocycles. The molecule has 0 aromatic carbocycles. The van der Waals surface area contributed by atoms with Crippen molar-refractivity contribution < 1.29 is 17.8 Å². The number of aryl methyl sites for hydroxylation is 2. The average Bonchev–Trinajstić information content (AvgIpc) is 3.16. The van der Waals surface area contributed by atoms with Crippen molar-refractivity contribution in [2.24, 2.45) is 7.05 Å². The molecule has 0 bridgehead atoms. The number of rotatable bonds is 8. The van der Waals surface area contributed by atoms with Crippen LogP contribution in [0.25, 0.3) is 22.4 Å². The summed E-state index contributed by atoms with van der Waals surface area (Å²) in [4.78, 5) is 24.4. The lowest BCUT2D eigenvalue weighted by molar-refractivity contribution is -0.882.